The van der Waals surface area contributed by atoms with E-state index in [1.807, 2.05) is 14.1 Å². The van der Waals surface area contributed by atoms with Crippen LogP contribution in [-0.2, 0) is 11.2 Å². The smallest absolute Gasteiger partial charge is 0.155 e. The number of nitrogens with zero attached hydrogens (tertiary/aromatic N) is 1. The van der Waals surface area contributed by atoms with Crippen LogP contribution in [0.4, 0.5) is 5.69 Å². The number of aryl methyl sites for hydroxylation is 2. The third-order valence-electron chi connectivity index (χ3n) is 2.72. The molecule has 0 radical (unpaired) electrons. The largest absolute Gasteiger partial charge is 0.378 e. The molecule has 1 aromatic rings. The molecule has 0 amide bonds. The second-order valence-electron chi connectivity index (χ2n) is 4.18. The standard InChI is InChI=1S/C14H19NO/c1-5-14(16)9-7-12-10-13(15(3)4)8-6-11(12)2/h5-6,8,10H,1,7,9H2,2-4H3. The van der Waals surface area contributed by atoms with Gasteiger partial charge >= 0.3 is 0 Å². The summed E-state index contributed by atoms with van der Waals surface area (Å²) in [4.78, 5) is 13.3. The molecule has 1 rings (SSSR count). The monoisotopic (exact) mass is 217 g/mol. The summed E-state index contributed by atoms with van der Waals surface area (Å²) in [5.41, 5.74) is 3.65. The Balaban J connectivity index is 2.81. The highest BCUT2D eigenvalue weighted by Crippen LogP contribution is 2.18. The van der Waals surface area contributed by atoms with Crippen LogP contribution in [0.2, 0.25) is 0 Å². The average Bonchev–Trinajstić information content (AvgIpc) is 2.27. The van der Waals surface area contributed by atoms with Crippen molar-refractivity contribution in [3.8, 4) is 0 Å². The van der Waals surface area contributed by atoms with Crippen molar-refractivity contribution in [2.24, 2.45) is 0 Å². The van der Waals surface area contributed by atoms with Crippen molar-refractivity contribution in [2.45, 2.75) is 19.8 Å². The molecule has 2 nitrogen and oxygen atoms in total. The molecule has 1 aromatic carbocycles. The zero-order valence-corrected chi connectivity index (χ0v) is 10.3. The molecule has 0 fully saturated rings. The Bertz CT molecular complexity index is 394. The van der Waals surface area contributed by atoms with Crippen LogP contribution in [0.15, 0.2) is 30.9 Å². The molecule has 0 atom stereocenters. The maximum Gasteiger partial charge on any atom is 0.155 e. The minimum absolute atomic E-state index is 0.106. The van der Waals surface area contributed by atoms with Crippen LogP contribution >= 0.6 is 0 Å². The molecular formula is C14H19NO. The molecule has 0 N–H and O–H groups in total. The summed E-state index contributed by atoms with van der Waals surface area (Å²) in [5.74, 6) is 0.106. The highest BCUT2D eigenvalue weighted by molar-refractivity contribution is 5.89. The maximum absolute atomic E-state index is 11.2. The van der Waals surface area contributed by atoms with Crippen molar-refractivity contribution in [1.82, 2.24) is 0 Å². The Morgan fingerprint density at radius 2 is 2.12 bits per heavy atom. The third kappa shape index (κ3) is 3.23. The topological polar surface area (TPSA) is 20.3 Å². The van der Waals surface area contributed by atoms with Gasteiger partial charge in [0.25, 0.3) is 0 Å². The zero-order chi connectivity index (χ0) is 12.1. The van der Waals surface area contributed by atoms with Gasteiger partial charge in [-0.25, -0.2) is 0 Å². The number of rotatable bonds is 5. The number of anilines is 1. The van der Waals surface area contributed by atoms with Crippen LogP contribution in [0.25, 0.3) is 0 Å². The Kier molecular flexibility index (Phi) is 4.29. The Morgan fingerprint density at radius 1 is 1.44 bits per heavy atom. The Labute approximate surface area is 97.6 Å². The first-order valence-electron chi connectivity index (χ1n) is 5.46. The van der Waals surface area contributed by atoms with Crippen molar-refractivity contribution < 1.29 is 4.79 Å². The second kappa shape index (κ2) is 5.50. The molecule has 0 bridgehead atoms. The number of hydrogen-bond acceptors (Lipinski definition) is 2. The van der Waals surface area contributed by atoms with Gasteiger partial charge in [-0.1, -0.05) is 12.6 Å². The highest BCUT2D eigenvalue weighted by Gasteiger charge is 2.04. The highest BCUT2D eigenvalue weighted by atomic mass is 16.1. The first-order chi connectivity index (χ1) is 7.54. The Morgan fingerprint density at radius 3 is 2.69 bits per heavy atom. The van der Waals surface area contributed by atoms with Crippen molar-refractivity contribution in [2.75, 3.05) is 19.0 Å². The van der Waals surface area contributed by atoms with E-state index in [0.717, 1.165) is 6.42 Å². The summed E-state index contributed by atoms with van der Waals surface area (Å²) < 4.78 is 0. The quantitative estimate of drug-likeness (QED) is 0.707. The molecule has 0 aliphatic rings. The molecule has 0 unspecified atom stereocenters. The fraction of sp³-hybridized carbons (Fsp3) is 0.357. The number of benzene rings is 1. The normalized spacial score (nSPS) is 9.94. The third-order valence-corrected chi connectivity index (χ3v) is 2.72. The lowest BCUT2D eigenvalue weighted by Crippen LogP contribution is -2.09. The van der Waals surface area contributed by atoms with E-state index in [4.69, 9.17) is 0 Å². The number of ketones is 1. The number of allylic oxidation sites excluding steroid dienone is 1. The van der Waals surface area contributed by atoms with Crippen LogP contribution in [0.1, 0.15) is 17.5 Å². The van der Waals surface area contributed by atoms with Crippen LogP contribution in [-0.4, -0.2) is 19.9 Å². The van der Waals surface area contributed by atoms with E-state index in [9.17, 15) is 4.79 Å². The molecule has 0 aliphatic heterocycles. The number of carbonyl (C=O) groups excluding carboxylic acids is 1. The predicted octanol–water partition coefficient (Wildman–Crippen LogP) is 2.75. The predicted molar refractivity (Wildman–Crippen MR) is 69.0 cm³/mol. The maximum atomic E-state index is 11.2. The van der Waals surface area contributed by atoms with E-state index in [2.05, 4.69) is 36.6 Å². The lowest BCUT2D eigenvalue weighted by Gasteiger charge is -2.15. The summed E-state index contributed by atoms with van der Waals surface area (Å²) in [6.07, 6.45) is 2.73. The van der Waals surface area contributed by atoms with E-state index in [-0.39, 0.29) is 5.78 Å². The lowest BCUT2D eigenvalue weighted by atomic mass is 10.0. The first-order valence-corrected chi connectivity index (χ1v) is 5.46. The molecule has 2 heteroatoms. The van der Waals surface area contributed by atoms with Gasteiger partial charge < -0.3 is 4.90 Å². The fourth-order valence-corrected chi connectivity index (χ4v) is 1.57. The fourth-order valence-electron chi connectivity index (χ4n) is 1.57. The molecule has 0 spiro atoms. The van der Waals surface area contributed by atoms with Crippen molar-refractivity contribution in [1.29, 1.82) is 0 Å². The first kappa shape index (κ1) is 12.5. The summed E-state index contributed by atoms with van der Waals surface area (Å²) in [6.45, 7) is 5.56. The summed E-state index contributed by atoms with van der Waals surface area (Å²) >= 11 is 0. The van der Waals surface area contributed by atoms with Crippen LogP contribution < -0.4 is 4.90 Å². The Hall–Kier alpha value is -1.57. The van der Waals surface area contributed by atoms with Gasteiger partial charge in [0.1, 0.15) is 0 Å². The van der Waals surface area contributed by atoms with E-state index >= 15 is 0 Å². The van der Waals surface area contributed by atoms with Gasteiger partial charge in [0.05, 0.1) is 0 Å². The van der Waals surface area contributed by atoms with Gasteiger partial charge in [0, 0.05) is 26.2 Å². The molecule has 86 valence electrons. The van der Waals surface area contributed by atoms with Gasteiger partial charge in [-0.3, -0.25) is 4.79 Å². The van der Waals surface area contributed by atoms with Crippen molar-refractivity contribution in [3.05, 3.63) is 42.0 Å². The van der Waals surface area contributed by atoms with E-state index in [1.54, 1.807) is 0 Å². The average molecular weight is 217 g/mol. The summed E-state index contributed by atoms with van der Waals surface area (Å²) in [7, 11) is 4.03. The summed E-state index contributed by atoms with van der Waals surface area (Å²) in [6, 6.07) is 6.34. The van der Waals surface area contributed by atoms with Gasteiger partial charge in [-0.2, -0.15) is 0 Å². The van der Waals surface area contributed by atoms with Crippen LogP contribution in [0, 0.1) is 6.92 Å². The summed E-state index contributed by atoms with van der Waals surface area (Å²) in [5, 5.41) is 0. The second-order valence-corrected chi connectivity index (χ2v) is 4.18. The zero-order valence-electron chi connectivity index (χ0n) is 10.3. The van der Waals surface area contributed by atoms with Crippen molar-refractivity contribution in [3.63, 3.8) is 0 Å². The van der Waals surface area contributed by atoms with E-state index in [1.165, 1.54) is 22.9 Å². The van der Waals surface area contributed by atoms with E-state index in [0.29, 0.717) is 6.42 Å². The van der Waals surface area contributed by atoms with E-state index < -0.39 is 0 Å². The van der Waals surface area contributed by atoms with Gasteiger partial charge in [-0.15, -0.1) is 0 Å². The molecule has 0 heterocycles. The van der Waals surface area contributed by atoms with Gasteiger partial charge in [-0.05, 0) is 42.7 Å². The minimum Gasteiger partial charge on any atom is -0.378 e. The number of hydrogen-bond donors (Lipinski definition) is 0. The molecule has 0 aromatic heterocycles. The number of carbonyl (C=O) groups is 1. The van der Waals surface area contributed by atoms with Gasteiger partial charge in [0.2, 0.25) is 0 Å². The van der Waals surface area contributed by atoms with Crippen LogP contribution in [0.3, 0.4) is 0 Å². The van der Waals surface area contributed by atoms with Crippen LogP contribution in [0.5, 0.6) is 0 Å². The molecule has 0 saturated carbocycles. The molecule has 0 aliphatic carbocycles. The minimum atomic E-state index is 0.106. The molecule has 16 heavy (non-hydrogen) atoms. The molecular weight excluding hydrogens is 198 g/mol. The van der Waals surface area contributed by atoms with Crippen molar-refractivity contribution >= 4 is 11.5 Å². The molecule has 0 saturated heterocycles. The lowest BCUT2D eigenvalue weighted by molar-refractivity contribution is -0.114. The van der Waals surface area contributed by atoms with Gasteiger partial charge in [0.15, 0.2) is 5.78 Å². The SMILES string of the molecule is C=CC(=O)CCc1cc(N(C)C)ccc1C.